The van der Waals surface area contributed by atoms with Crippen LogP contribution in [0.25, 0.3) is 0 Å². The summed E-state index contributed by atoms with van der Waals surface area (Å²) in [5.41, 5.74) is 8.22. The van der Waals surface area contributed by atoms with Gasteiger partial charge in [0, 0.05) is 31.1 Å². The highest BCUT2D eigenvalue weighted by Gasteiger charge is 2.11. The lowest BCUT2D eigenvalue weighted by Crippen LogP contribution is -2.18. The van der Waals surface area contributed by atoms with E-state index in [1.165, 1.54) is 0 Å². The molecule has 2 N–H and O–H groups in total. The van der Waals surface area contributed by atoms with E-state index in [2.05, 4.69) is 17.0 Å². The zero-order valence-electron chi connectivity index (χ0n) is 9.37. The normalized spacial score (nSPS) is 12.6. The van der Waals surface area contributed by atoms with Crippen molar-refractivity contribution >= 4 is 0 Å². The highest BCUT2D eigenvalue weighted by atomic mass is 15.3. The molecule has 0 aliphatic carbocycles. The molecule has 4 nitrogen and oxygen atoms in total. The Labute approximate surface area is 95.1 Å². The van der Waals surface area contributed by atoms with Gasteiger partial charge in [0.05, 0.1) is 11.7 Å². The van der Waals surface area contributed by atoms with Crippen molar-refractivity contribution in [1.29, 1.82) is 0 Å². The lowest BCUT2D eigenvalue weighted by Gasteiger charge is -2.12. The maximum Gasteiger partial charge on any atom is 0.0555 e. The van der Waals surface area contributed by atoms with Crippen molar-refractivity contribution in [3.05, 3.63) is 48.0 Å². The lowest BCUT2D eigenvalue weighted by atomic mass is 10.1. The molecular weight excluding hydrogens is 200 g/mol. The number of pyridine rings is 1. The second-order valence-corrected chi connectivity index (χ2v) is 3.70. The molecule has 0 radical (unpaired) electrons. The lowest BCUT2D eigenvalue weighted by molar-refractivity contribution is 0.565. The van der Waals surface area contributed by atoms with Crippen LogP contribution in [0.15, 0.2) is 36.7 Å². The smallest absolute Gasteiger partial charge is 0.0555 e. The molecule has 1 atom stereocenters. The quantitative estimate of drug-likeness (QED) is 0.843. The van der Waals surface area contributed by atoms with E-state index in [0.29, 0.717) is 0 Å². The van der Waals surface area contributed by atoms with Crippen LogP contribution in [0.2, 0.25) is 0 Å². The summed E-state index contributed by atoms with van der Waals surface area (Å²) in [6, 6.07) is 7.80. The Morgan fingerprint density at radius 1 is 1.31 bits per heavy atom. The Hall–Kier alpha value is -1.68. The van der Waals surface area contributed by atoms with E-state index in [9.17, 15) is 0 Å². The van der Waals surface area contributed by atoms with E-state index in [-0.39, 0.29) is 6.04 Å². The molecule has 0 aromatic carbocycles. The fourth-order valence-electron chi connectivity index (χ4n) is 1.77. The van der Waals surface area contributed by atoms with Gasteiger partial charge in [-0.1, -0.05) is 6.07 Å². The summed E-state index contributed by atoms with van der Waals surface area (Å²) < 4.78 is 1.92. The van der Waals surface area contributed by atoms with Crippen LogP contribution < -0.4 is 5.73 Å². The Morgan fingerprint density at radius 2 is 2.19 bits per heavy atom. The molecule has 16 heavy (non-hydrogen) atoms. The molecular formula is C12H16N4. The number of nitrogens with two attached hydrogens (primary N) is 1. The molecule has 2 heterocycles. The van der Waals surface area contributed by atoms with Gasteiger partial charge in [-0.15, -0.1) is 0 Å². The topological polar surface area (TPSA) is 56.7 Å². The van der Waals surface area contributed by atoms with Crippen LogP contribution in [0.5, 0.6) is 0 Å². The van der Waals surface area contributed by atoms with E-state index in [1.807, 2.05) is 28.9 Å². The number of rotatable bonds is 4. The zero-order valence-corrected chi connectivity index (χ0v) is 9.37. The minimum absolute atomic E-state index is 0.0441. The average molecular weight is 216 g/mol. The first kappa shape index (κ1) is 10.8. The van der Waals surface area contributed by atoms with E-state index in [4.69, 9.17) is 5.73 Å². The number of nitrogens with zero attached hydrogens (tertiary/aromatic N) is 3. The maximum atomic E-state index is 6.15. The highest BCUT2D eigenvalue weighted by Crippen LogP contribution is 2.14. The second-order valence-electron chi connectivity index (χ2n) is 3.70. The molecule has 0 amide bonds. The molecule has 0 fully saturated rings. The van der Waals surface area contributed by atoms with E-state index in [1.54, 1.807) is 12.4 Å². The van der Waals surface area contributed by atoms with Crippen LogP contribution in [0.4, 0.5) is 0 Å². The minimum Gasteiger partial charge on any atom is -0.322 e. The van der Waals surface area contributed by atoms with Crippen LogP contribution >= 0.6 is 0 Å². The third-order valence-electron chi connectivity index (χ3n) is 2.58. The molecule has 0 saturated heterocycles. The Kier molecular flexibility index (Phi) is 3.31. The van der Waals surface area contributed by atoms with Gasteiger partial charge in [-0.25, -0.2) is 0 Å². The summed E-state index contributed by atoms with van der Waals surface area (Å²) in [4.78, 5) is 4.27. The van der Waals surface area contributed by atoms with Crippen LogP contribution in [-0.2, 0) is 13.0 Å². The van der Waals surface area contributed by atoms with Crippen molar-refractivity contribution in [3.8, 4) is 0 Å². The van der Waals surface area contributed by atoms with Crippen molar-refractivity contribution in [2.45, 2.75) is 25.9 Å². The van der Waals surface area contributed by atoms with Gasteiger partial charge < -0.3 is 5.73 Å². The summed E-state index contributed by atoms with van der Waals surface area (Å²) in [6.07, 6.45) is 4.32. The van der Waals surface area contributed by atoms with E-state index in [0.717, 1.165) is 24.4 Å². The Bertz CT molecular complexity index is 435. The summed E-state index contributed by atoms with van der Waals surface area (Å²) in [5, 5.41) is 4.21. The monoisotopic (exact) mass is 216 g/mol. The molecule has 0 aliphatic rings. The first-order chi connectivity index (χ1) is 7.81. The van der Waals surface area contributed by atoms with Crippen LogP contribution in [0.1, 0.15) is 24.4 Å². The molecule has 0 bridgehead atoms. The van der Waals surface area contributed by atoms with Gasteiger partial charge in [-0.3, -0.25) is 9.67 Å². The molecule has 2 aromatic heterocycles. The highest BCUT2D eigenvalue weighted by molar-refractivity contribution is 5.12. The predicted molar refractivity (Wildman–Crippen MR) is 62.8 cm³/mol. The third kappa shape index (κ3) is 2.28. The Balaban J connectivity index is 2.11. The van der Waals surface area contributed by atoms with Crippen molar-refractivity contribution in [3.63, 3.8) is 0 Å². The van der Waals surface area contributed by atoms with Gasteiger partial charge in [0.2, 0.25) is 0 Å². The molecule has 0 aliphatic heterocycles. The first-order valence-electron chi connectivity index (χ1n) is 5.48. The molecule has 0 saturated carbocycles. The van der Waals surface area contributed by atoms with E-state index < -0.39 is 0 Å². The summed E-state index contributed by atoms with van der Waals surface area (Å²) in [6.45, 7) is 2.90. The van der Waals surface area contributed by atoms with Crippen LogP contribution in [-0.4, -0.2) is 14.8 Å². The summed E-state index contributed by atoms with van der Waals surface area (Å²) >= 11 is 0. The molecule has 84 valence electrons. The van der Waals surface area contributed by atoms with Gasteiger partial charge >= 0.3 is 0 Å². The van der Waals surface area contributed by atoms with Crippen LogP contribution in [0, 0.1) is 0 Å². The van der Waals surface area contributed by atoms with Crippen molar-refractivity contribution in [2.75, 3.05) is 0 Å². The number of aromatic nitrogens is 3. The molecule has 2 aromatic rings. The van der Waals surface area contributed by atoms with Gasteiger partial charge in [0.1, 0.15) is 0 Å². The fourth-order valence-corrected chi connectivity index (χ4v) is 1.77. The molecule has 4 heteroatoms. The fraction of sp³-hybridized carbons (Fsp3) is 0.333. The van der Waals surface area contributed by atoms with Crippen LogP contribution in [0.3, 0.4) is 0 Å². The van der Waals surface area contributed by atoms with Crippen molar-refractivity contribution < 1.29 is 0 Å². The van der Waals surface area contributed by atoms with E-state index >= 15 is 0 Å². The number of aryl methyl sites for hydroxylation is 1. The molecule has 2 rings (SSSR count). The van der Waals surface area contributed by atoms with Gasteiger partial charge in [0.15, 0.2) is 0 Å². The zero-order chi connectivity index (χ0) is 11.4. The Morgan fingerprint density at radius 3 is 2.88 bits per heavy atom. The molecule has 1 unspecified atom stereocenters. The predicted octanol–water partition coefficient (Wildman–Crippen LogP) is 1.54. The molecule has 0 spiro atoms. The summed E-state index contributed by atoms with van der Waals surface area (Å²) in [7, 11) is 0. The van der Waals surface area contributed by atoms with Gasteiger partial charge in [-0.2, -0.15) is 5.10 Å². The van der Waals surface area contributed by atoms with Crippen molar-refractivity contribution in [1.82, 2.24) is 14.8 Å². The van der Waals surface area contributed by atoms with Gasteiger partial charge in [0.25, 0.3) is 0 Å². The third-order valence-corrected chi connectivity index (χ3v) is 2.58. The largest absolute Gasteiger partial charge is 0.322 e. The average Bonchev–Trinajstić information content (AvgIpc) is 2.78. The summed E-state index contributed by atoms with van der Waals surface area (Å²) in [5.74, 6) is 0. The number of hydrogen-bond donors (Lipinski definition) is 1. The standard InChI is InChI=1S/C12H16N4/c1-2-16-12(6-8-15-16)11(13)9-10-5-3-4-7-14-10/h3-8,11H,2,9,13H2,1H3. The first-order valence-corrected chi connectivity index (χ1v) is 5.48. The van der Waals surface area contributed by atoms with Gasteiger partial charge in [-0.05, 0) is 25.1 Å². The SMILES string of the molecule is CCn1nccc1C(N)Cc1ccccn1. The van der Waals surface area contributed by atoms with Crippen molar-refractivity contribution in [2.24, 2.45) is 5.73 Å². The number of hydrogen-bond acceptors (Lipinski definition) is 3. The minimum atomic E-state index is -0.0441. The second kappa shape index (κ2) is 4.90. The maximum absolute atomic E-state index is 6.15.